The lowest BCUT2D eigenvalue weighted by Gasteiger charge is -2.08. The topological polar surface area (TPSA) is 9.23 Å². The van der Waals surface area contributed by atoms with Crippen molar-refractivity contribution in [3.63, 3.8) is 0 Å². The average Bonchev–Trinajstić information content (AvgIpc) is 2.26. The maximum Gasteiger partial charge on any atom is 0.127 e. The monoisotopic (exact) mass is 199 g/mol. The number of benzene rings is 2. The number of hydrogen-bond donors (Lipinski definition) is 0. The summed E-state index contributed by atoms with van der Waals surface area (Å²) in [6.45, 7) is 6.81. The van der Waals surface area contributed by atoms with Crippen molar-refractivity contribution in [1.29, 1.82) is 0 Å². The largest absolute Gasteiger partial charge is 0.493 e. The summed E-state index contributed by atoms with van der Waals surface area (Å²) in [5.41, 5.74) is 1.02. The predicted molar refractivity (Wildman–Crippen MR) is 64.2 cm³/mol. The van der Waals surface area contributed by atoms with E-state index in [0.717, 1.165) is 29.7 Å². The van der Waals surface area contributed by atoms with Crippen molar-refractivity contribution >= 4 is 10.8 Å². The van der Waals surface area contributed by atoms with E-state index in [1.165, 1.54) is 5.39 Å². The molecular formula is C14H15O. The van der Waals surface area contributed by atoms with E-state index in [-0.39, 0.29) is 0 Å². The van der Waals surface area contributed by atoms with E-state index in [4.69, 9.17) is 4.74 Å². The van der Waals surface area contributed by atoms with Crippen LogP contribution in [-0.2, 0) is 0 Å². The zero-order valence-corrected chi connectivity index (χ0v) is 8.99. The molecule has 0 saturated heterocycles. The van der Waals surface area contributed by atoms with Gasteiger partial charge in [0.15, 0.2) is 0 Å². The fraction of sp³-hybridized carbons (Fsp3) is 0.214. The van der Waals surface area contributed by atoms with Crippen LogP contribution in [0.3, 0.4) is 0 Å². The minimum atomic E-state index is 0.764. The van der Waals surface area contributed by atoms with Crippen molar-refractivity contribution in [2.45, 2.75) is 13.3 Å². The van der Waals surface area contributed by atoms with Crippen LogP contribution in [0.5, 0.6) is 5.75 Å². The van der Waals surface area contributed by atoms with Crippen LogP contribution < -0.4 is 4.74 Å². The van der Waals surface area contributed by atoms with Gasteiger partial charge in [0.25, 0.3) is 0 Å². The molecule has 0 spiro atoms. The fourth-order valence-corrected chi connectivity index (χ4v) is 1.63. The summed E-state index contributed by atoms with van der Waals surface area (Å²) in [6, 6.07) is 12.3. The molecule has 15 heavy (non-hydrogen) atoms. The summed E-state index contributed by atoms with van der Waals surface area (Å²) < 4.78 is 5.70. The van der Waals surface area contributed by atoms with Crippen LogP contribution in [0.25, 0.3) is 10.8 Å². The minimum Gasteiger partial charge on any atom is -0.493 e. The molecule has 0 bridgehead atoms. The number of hydrogen-bond acceptors (Lipinski definition) is 1. The summed E-state index contributed by atoms with van der Waals surface area (Å²) in [4.78, 5) is 0. The van der Waals surface area contributed by atoms with E-state index in [2.05, 4.69) is 32.0 Å². The first-order valence-corrected chi connectivity index (χ1v) is 5.29. The molecule has 0 atom stereocenters. The molecule has 2 aromatic rings. The van der Waals surface area contributed by atoms with Gasteiger partial charge in [-0.1, -0.05) is 31.2 Å². The second-order valence-corrected chi connectivity index (χ2v) is 3.66. The number of ether oxygens (including phenoxy) is 1. The van der Waals surface area contributed by atoms with Crippen LogP contribution in [0.15, 0.2) is 36.4 Å². The Morgan fingerprint density at radius 3 is 2.87 bits per heavy atom. The van der Waals surface area contributed by atoms with Crippen LogP contribution in [-0.4, -0.2) is 6.61 Å². The van der Waals surface area contributed by atoms with Crippen molar-refractivity contribution in [3.05, 3.63) is 48.9 Å². The Bertz CT molecular complexity index is 460. The molecular weight excluding hydrogens is 184 g/mol. The highest BCUT2D eigenvalue weighted by atomic mass is 16.5. The Morgan fingerprint density at radius 1 is 1.20 bits per heavy atom. The van der Waals surface area contributed by atoms with Crippen molar-refractivity contribution in [2.75, 3.05) is 6.61 Å². The molecule has 0 fully saturated rings. The van der Waals surface area contributed by atoms with E-state index in [9.17, 15) is 0 Å². The zero-order chi connectivity index (χ0) is 10.7. The third-order valence-electron chi connectivity index (χ3n) is 2.37. The molecule has 0 saturated carbocycles. The number of fused-ring (bicyclic) bond motifs is 1. The molecule has 77 valence electrons. The minimum absolute atomic E-state index is 0.764. The Labute approximate surface area is 90.7 Å². The highest BCUT2D eigenvalue weighted by Gasteiger charge is 2.01. The lowest BCUT2D eigenvalue weighted by Crippen LogP contribution is -1.95. The smallest absolute Gasteiger partial charge is 0.127 e. The van der Waals surface area contributed by atoms with Gasteiger partial charge >= 0.3 is 0 Å². The molecule has 0 aliphatic heterocycles. The Kier molecular flexibility index (Phi) is 2.91. The Balaban J connectivity index is 2.48. The van der Waals surface area contributed by atoms with E-state index in [1.807, 2.05) is 18.2 Å². The third-order valence-corrected chi connectivity index (χ3v) is 2.37. The first-order chi connectivity index (χ1) is 7.31. The fourth-order valence-electron chi connectivity index (χ4n) is 1.63. The van der Waals surface area contributed by atoms with Crippen LogP contribution >= 0.6 is 0 Å². The quantitative estimate of drug-likeness (QED) is 0.730. The van der Waals surface area contributed by atoms with Crippen molar-refractivity contribution in [3.8, 4) is 5.75 Å². The standard InChI is InChI=1S/C14H15O/c1-3-9-15-14-6-4-5-12-8-7-11(2)10-13(12)14/h4-8,10H,2-3,9H2,1H3. The van der Waals surface area contributed by atoms with Gasteiger partial charge in [-0.15, -0.1) is 0 Å². The molecule has 0 amide bonds. The van der Waals surface area contributed by atoms with Crippen molar-refractivity contribution in [1.82, 2.24) is 0 Å². The summed E-state index contributed by atoms with van der Waals surface area (Å²) in [6.07, 6.45) is 1.03. The van der Waals surface area contributed by atoms with Crippen molar-refractivity contribution in [2.24, 2.45) is 0 Å². The molecule has 0 heterocycles. The third kappa shape index (κ3) is 2.12. The summed E-state index contributed by atoms with van der Waals surface area (Å²) in [5.74, 6) is 0.958. The maximum atomic E-state index is 5.70. The predicted octanol–water partition coefficient (Wildman–Crippen LogP) is 3.81. The molecule has 1 radical (unpaired) electrons. The molecule has 1 heteroatoms. The van der Waals surface area contributed by atoms with Gasteiger partial charge in [0.2, 0.25) is 0 Å². The summed E-state index contributed by atoms with van der Waals surface area (Å²) in [5, 5.41) is 2.36. The lowest BCUT2D eigenvalue weighted by molar-refractivity contribution is 0.321. The normalized spacial score (nSPS) is 10.5. The van der Waals surface area contributed by atoms with E-state index in [0.29, 0.717) is 0 Å². The molecule has 1 nitrogen and oxygen atoms in total. The van der Waals surface area contributed by atoms with Crippen LogP contribution in [0, 0.1) is 6.92 Å². The highest BCUT2D eigenvalue weighted by Crippen LogP contribution is 2.26. The van der Waals surface area contributed by atoms with Gasteiger partial charge in [-0.25, -0.2) is 0 Å². The lowest BCUT2D eigenvalue weighted by atomic mass is 10.1. The zero-order valence-electron chi connectivity index (χ0n) is 8.99. The van der Waals surface area contributed by atoms with Gasteiger partial charge in [0.1, 0.15) is 5.75 Å². The second kappa shape index (κ2) is 4.35. The molecule has 0 aliphatic carbocycles. The summed E-state index contributed by atoms with van der Waals surface area (Å²) >= 11 is 0. The molecule has 0 aromatic heterocycles. The van der Waals surface area contributed by atoms with E-state index >= 15 is 0 Å². The second-order valence-electron chi connectivity index (χ2n) is 3.66. The first kappa shape index (κ1) is 10.0. The van der Waals surface area contributed by atoms with Crippen LogP contribution in [0.2, 0.25) is 0 Å². The number of rotatable bonds is 3. The van der Waals surface area contributed by atoms with Gasteiger partial charge < -0.3 is 4.74 Å². The molecule has 2 rings (SSSR count). The van der Waals surface area contributed by atoms with Gasteiger partial charge in [-0.2, -0.15) is 0 Å². The van der Waals surface area contributed by atoms with Gasteiger partial charge in [0.05, 0.1) is 6.61 Å². The average molecular weight is 199 g/mol. The van der Waals surface area contributed by atoms with E-state index < -0.39 is 0 Å². The van der Waals surface area contributed by atoms with Crippen molar-refractivity contribution < 1.29 is 4.74 Å². The van der Waals surface area contributed by atoms with E-state index in [1.54, 1.807) is 0 Å². The van der Waals surface area contributed by atoms with Gasteiger partial charge in [0, 0.05) is 5.39 Å². The maximum absolute atomic E-state index is 5.70. The summed E-state index contributed by atoms with van der Waals surface area (Å²) in [7, 11) is 0. The van der Waals surface area contributed by atoms with Gasteiger partial charge in [-0.05, 0) is 36.4 Å². The Hall–Kier alpha value is -1.50. The van der Waals surface area contributed by atoms with Crippen LogP contribution in [0.1, 0.15) is 18.9 Å². The van der Waals surface area contributed by atoms with Crippen LogP contribution in [0.4, 0.5) is 0 Å². The first-order valence-electron chi connectivity index (χ1n) is 5.29. The highest BCUT2D eigenvalue weighted by molar-refractivity contribution is 5.89. The SMILES string of the molecule is [CH2]c1ccc2cccc(OCCC)c2c1. The molecule has 0 unspecified atom stereocenters. The molecule has 0 N–H and O–H groups in total. The molecule has 2 aromatic carbocycles. The molecule has 0 aliphatic rings. The van der Waals surface area contributed by atoms with Gasteiger partial charge in [-0.3, -0.25) is 0 Å². The Morgan fingerprint density at radius 2 is 2.07 bits per heavy atom.